The second-order valence-electron chi connectivity index (χ2n) is 9.74. The van der Waals surface area contributed by atoms with Gasteiger partial charge in [-0.3, -0.25) is 9.69 Å². The van der Waals surface area contributed by atoms with E-state index in [4.69, 9.17) is 4.74 Å². The molecule has 0 spiro atoms. The molecule has 0 saturated carbocycles. The van der Waals surface area contributed by atoms with Crippen molar-refractivity contribution in [2.24, 2.45) is 5.92 Å². The first-order valence-electron chi connectivity index (χ1n) is 12.6. The Morgan fingerprint density at radius 1 is 1.12 bits per heavy atom. The van der Waals surface area contributed by atoms with Crippen LogP contribution in [0.2, 0.25) is 0 Å². The number of hydrogen-bond acceptors (Lipinski definition) is 5. The van der Waals surface area contributed by atoms with Gasteiger partial charge in [0.05, 0.1) is 11.3 Å². The lowest BCUT2D eigenvalue weighted by Crippen LogP contribution is -2.42. The van der Waals surface area contributed by atoms with Gasteiger partial charge in [0.1, 0.15) is 11.6 Å². The smallest absolute Gasteiger partial charge is 0.223 e. The number of hydrogen-bond donors (Lipinski definition) is 2. The molecule has 1 atom stereocenters. The van der Waals surface area contributed by atoms with Crippen LogP contribution in [-0.2, 0) is 9.53 Å². The lowest BCUT2D eigenvalue weighted by Gasteiger charge is -2.31. The van der Waals surface area contributed by atoms with Crippen molar-refractivity contribution >= 4 is 5.91 Å². The van der Waals surface area contributed by atoms with Crippen LogP contribution in [0.4, 0.5) is 4.39 Å². The first-order chi connectivity index (χ1) is 16.0. The average molecular weight is 459 g/mol. The molecule has 3 heterocycles. The molecule has 0 radical (unpaired) electrons. The molecule has 33 heavy (non-hydrogen) atoms. The van der Waals surface area contributed by atoms with E-state index < -0.39 is 6.23 Å². The van der Waals surface area contributed by atoms with Gasteiger partial charge in [-0.15, -0.1) is 0 Å². The molecule has 3 aliphatic heterocycles. The van der Waals surface area contributed by atoms with Gasteiger partial charge < -0.3 is 20.3 Å². The van der Waals surface area contributed by atoms with Gasteiger partial charge in [0.25, 0.3) is 0 Å². The highest BCUT2D eigenvalue weighted by atomic mass is 19.1. The predicted octanol–water partition coefficient (Wildman–Crippen LogP) is 3.69. The van der Waals surface area contributed by atoms with Crippen molar-refractivity contribution < 1.29 is 13.9 Å². The minimum Gasteiger partial charge on any atom is -0.469 e. The van der Waals surface area contributed by atoms with E-state index in [0.29, 0.717) is 5.56 Å². The van der Waals surface area contributed by atoms with Crippen LogP contribution in [0.1, 0.15) is 62.8 Å². The third-order valence-corrected chi connectivity index (χ3v) is 7.30. The van der Waals surface area contributed by atoms with E-state index in [1.807, 2.05) is 19.9 Å². The van der Waals surface area contributed by atoms with Crippen LogP contribution >= 0.6 is 0 Å². The quantitative estimate of drug-likeness (QED) is 0.582. The number of carbonyl (C=O) groups is 1. The average Bonchev–Trinajstić information content (AvgIpc) is 3.17. The molecule has 3 aliphatic rings. The van der Waals surface area contributed by atoms with Gasteiger partial charge in [-0.2, -0.15) is 0 Å². The second kappa shape index (κ2) is 11.3. The number of halogens is 1. The number of benzene rings is 1. The van der Waals surface area contributed by atoms with Crippen molar-refractivity contribution in [3.63, 3.8) is 0 Å². The Hall–Kier alpha value is -2.12. The number of aryl methyl sites for hydroxylation is 1. The van der Waals surface area contributed by atoms with Gasteiger partial charge in [0.2, 0.25) is 5.91 Å². The Balaban J connectivity index is 1.17. The Morgan fingerprint density at radius 3 is 2.61 bits per heavy atom. The minimum atomic E-state index is -0.477. The monoisotopic (exact) mass is 458 g/mol. The van der Waals surface area contributed by atoms with Gasteiger partial charge in [0.15, 0.2) is 6.23 Å². The van der Waals surface area contributed by atoms with Gasteiger partial charge in [0, 0.05) is 19.0 Å². The molecule has 7 heteroatoms. The maximum absolute atomic E-state index is 14.4. The maximum Gasteiger partial charge on any atom is 0.223 e. The third-order valence-electron chi connectivity index (χ3n) is 7.30. The maximum atomic E-state index is 14.4. The molecule has 4 rings (SSSR count). The van der Waals surface area contributed by atoms with Gasteiger partial charge in [-0.05, 0) is 90.3 Å². The summed E-state index contributed by atoms with van der Waals surface area (Å²) >= 11 is 0. The van der Waals surface area contributed by atoms with E-state index in [9.17, 15) is 9.18 Å². The Morgan fingerprint density at radius 2 is 1.88 bits per heavy atom. The lowest BCUT2D eigenvalue weighted by molar-refractivity contribution is -0.126. The first-order valence-corrected chi connectivity index (χ1v) is 12.6. The molecule has 2 fully saturated rings. The summed E-state index contributed by atoms with van der Waals surface area (Å²) in [5, 5.41) is 6.53. The standard InChI is InChI=1S/C26H39FN4O2/c1-19-8-6-9-22(27)24(19)26-29-23(20(2)33-26)18-31-16-10-21(11-17-31)25(32)28-12-7-15-30-13-4-3-5-14-30/h6,8-9,21,26,29H,3-5,7,10-18H2,1-2H3,(H,28,32). The molecular formula is C26H39FN4O2. The number of ether oxygens (including phenoxy) is 1. The van der Waals surface area contributed by atoms with E-state index in [2.05, 4.69) is 20.4 Å². The van der Waals surface area contributed by atoms with Gasteiger partial charge in [-0.1, -0.05) is 18.6 Å². The molecule has 1 aromatic rings. The molecule has 6 nitrogen and oxygen atoms in total. The van der Waals surface area contributed by atoms with Crippen LogP contribution in [0, 0.1) is 18.7 Å². The molecular weight excluding hydrogens is 419 g/mol. The topological polar surface area (TPSA) is 56.8 Å². The summed E-state index contributed by atoms with van der Waals surface area (Å²) in [5.41, 5.74) is 2.45. The highest BCUT2D eigenvalue weighted by Crippen LogP contribution is 2.31. The van der Waals surface area contributed by atoms with Crippen LogP contribution in [0.25, 0.3) is 0 Å². The van der Waals surface area contributed by atoms with Crippen LogP contribution in [0.3, 0.4) is 0 Å². The highest BCUT2D eigenvalue weighted by molar-refractivity contribution is 5.78. The minimum absolute atomic E-state index is 0.105. The molecule has 0 bridgehead atoms. The first kappa shape index (κ1) is 24.0. The molecule has 2 saturated heterocycles. The summed E-state index contributed by atoms with van der Waals surface area (Å²) in [6.45, 7) is 10.6. The largest absolute Gasteiger partial charge is 0.469 e. The molecule has 1 amide bonds. The molecule has 2 N–H and O–H groups in total. The Kier molecular flexibility index (Phi) is 8.25. The number of amides is 1. The van der Waals surface area contributed by atoms with Crippen LogP contribution in [0.5, 0.6) is 0 Å². The van der Waals surface area contributed by atoms with Crippen LogP contribution in [0.15, 0.2) is 29.7 Å². The fraction of sp³-hybridized carbons (Fsp3) is 0.654. The van der Waals surface area contributed by atoms with E-state index in [-0.39, 0.29) is 17.6 Å². The van der Waals surface area contributed by atoms with Crippen molar-refractivity contribution in [1.29, 1.82) is 0 Å². The van der Waals surface area contributed by atoms with Gasteiger partial charge in [-0.25, -0.2) is 4.39 Å². The number of nitrogens with zero attached hydrogens (tertiary/aromatic N) is 2. The zero-order chi connectivity index (χ0) is 23.2. The van der Waals surface area contributed by atoms with E-state index in [1.54, 1.807) is 6.07 Å². The molecule has 0 aliphatic carbocycles. The lowest BCUT2D eigenvalue weighted by atomic mass is 9.95. The number of nitrogens with one attached hydrogen (secondary N) is 2. The van der Waals surface area contributed by atoms with E-state index >= 15 is 0 Å². The number of carbonyl (C=O) groups excluding carboxylic acids is 1. The fourth-order valence-electron chi connectivity index (χ4n) is 5.22. The summed E-state index contributed by atoms with van der Waals surface area (Å²) < 4.78 is 20.3. The summed E-state index contributed by atoms with van der Waals surface area (Å²) in [7, 11) is 0. The Labute approximate surface area is 197 Å². The summed E-state index contributed by atoms with van der Waals surface area (Å²) in [5.74, 6) is 0.884. The number of piperidine rings is 2. The number of likely N-dealkylation sites (tertiary alicyclic amines) is 2. The summed E-state index contributed by atoms with van der Waals surface area (Å²) in [4.78, 5) is 17.5. The van der Waals surface area contributed by atoms with Crippen LogP contribution < -0.4 is 10.6 Å². The Bertz CT molecular complexity index is 824. The zero-order valence-electron chi connectivity index (χ0n) is 20.2. The van der Waals surface area contributed by atoms with Gasteiger partial charge >= 0.3 is 0 Å². The fourth-order valence-corrected chi connectivity index (χ4v) is 5.22. The van der Waals surface area contributed by atoms with E-state index in [1.165, 1.54) is 38.4 Å². The number of allylic oxidation sites excluding steroid dienone is 1. The summed E-state index contributed by atoms with van der Waals surface area (Å²) in [6.07, 6.45) is 6.29. The van der Waals surface area contributed by atoms with Crippen molar-refractivity contribution in [2.45, 2.75) is 58.6 Å². The highest BCUT2D eigenvalue weighted by Gasteiger charge is 2.30. The van der Waals surface area contributed by atoms with Crippen molar-refractivity contribution in [1.82, 2.24) is 20.4 Å². The van der Waals surface area contributed by atoms with Crippen molar-refractivity contribution in [3.8, 4) is 0 Å². The third kappa shape index (κ3) is 6.27. The normalized spacial score (nSPS) is 22.8. The molecule has 1 aromatic carbocycles. The summed E-state index contributed by atoms with van der Waals surface area (Å²) in [6, 6.07) is 5.10. The second-order valence-corrected chi connectivity index (χ2v) is 9.74. The molecule has 0 aromatic heterocycles. The number of rotatable bonds is 8. The molecule has 1 unspecified atom stereocenters. The van der Waals surface area contributed by atoms with Crippen molar-refractivity contribution in [3.05, 3.63) is 46.6 Å². The van der Waals surface area contributed by atoms with Crippen LogP contribution in [-0.4, -0.2) is 61.5 Å². The predicted molar refractivity (Wildman–Crippen MR) is 128 cm³/mol. The zero-order valence-corrected chi connectivity index (χ0v) is 20.2. The molecule has 182 valence electrons. The van der Waals surface area contributed by atoms with E-state index in [0.717, 1.165) is 69.0 Å². The SMILES string of the molecule is CC1=C(CN2CCC(C(=O)NCCCN3CCCCC3)CC2)NC(c2c(C)cccc2F)O1. The van der Waals surface area contributed by atoms with Crippen molar-refractivity contribution in [2.75, 3.05) is 45.8 Å².